The van der Waals surface area contributed by atoms with E-state index >= 15 is 0 Å². The third-order valence-electron chi connectivity index (χ3n) is 3.85. The molecule has 1 aromatic rings. The third-order valence-corrected chi connectivity index (χ3v) is 4.19. The molecule has 102 valence electrons. The van der Waals surface area contributed by atoms with Gasteiger partial charge < -0.3 is 9.55 Å². The van der Waals surface area contributed by atoms with Gasteiger partial charge in [-0.05, 0) is 45.1 Å². The van der Waals surface area contributed by atoms with E-state index in [1.165, 1.54) is 31.6 Å². The highest BCUT2D eigenvalue weighted by molar-refractivity contribution is 7.71. The molecule has 1 fully saturated rings. The Morgan fingerprint density at radius 1 is 1.33 bits per heavy atom. The van der Waals surface area contributed by atoms with Crippen LogP contribution in [0.3, 0.4) is 0 Å². The molecule has 4 heteroatoms. The molecule has 0 amide bonds. The number of rotatable bonds is 3. The molecule has 0 bridgehead atoms. The summed E-state index contributed by atoms with van der Waals surface area (Å²) in [6.07, 6.45) is 4.75. The maximum atomic E-state index is 5.42. The largest absolute Gasteiger partial charge is 0.337 e. The third kappa shape index (κ3) is 2.86. The lowest BCUT2D eigenvalue weighted by Crippen LogP contribution is -2.35. The van der Waals surface area contributed by atoms with E-state index in [2.05, 4.69) is 48.3 Å². The Kier molecular flexibility index (Phi) is 3.97. The van der Waals surface area contributed by atoms with Gasteiger partial charge in [-0.25, -0.2) is 0 Å². The number of aromatic amines is 1. The van der Waals surface area contributed by atoms with Crippen LogP contribution in [0, 0.1) is 4.77 Å². The van der Waals surface area contributed by atoms with Crippen LogP contribution >= 0.6 is 12.2 Å². The summed E-state index contributed by atoms with van der Waals surface area (Å²) in [5.74, 6) is 0. The minimum atomic E-state index is 0.137. The smallest absolute Gasteiger partial charge is 0.177 e. The Balaban J connectivity index is 2.18. The van der Waals surface area contributed by atoms with Gasteiger partial charge in [0.1, 0.15) is 0 Å². The average molecular weight is 267 g/mol. The highest BCUT2D eigenvalue weighted by atomic mass is 32.1. The lowest BCUT2D eigenvalue weighted by Gasteiger charge is -2.27. The molecule has 1 atom stereocenters. The first kappa shape index (κ1) is 13.8. The van der Waals surface area contributed by atoms with E-state index in [1.807, 2.05) is 0 Å². The molecular weight excluding hydrogens is 242 g/mol. The molecule has 1 unspecified atom stereocenters. The second kappa shape index (κ2) is 5.17. The van der Waals surface area contributed by atoms with E-state index in [0.717, 1.165) is 11.3 Å². The van der Waals surface area contributed by atoms with Gasteiger partial charge in [-0.3, -0.25) is 4.90 Å². The van der Waals surface area contributed by atoms with Crippen LogP contribution in [0.5, 0.6) is 0 Å². The molecule has 0 radical (unpaired) electrons. The van der Waals surface area contributed by atoms with Crippen molar-refractivity contribution in [1.82, 2.24) is 14.5 Å². The number of hydrogen-bond acceptors (Lipinski definition) is 2. The van der Waals surface area contributed by atoms with E-state index in [9.17, 15) is 0 Å². The van der Waals surface area contributed by atoms with Crippen LogP contribution in [-0.2, 0) is 12.0 Å². The quantitative estimate of drug-likeness (QED) is 0.849. The average Bonchev–Trinajstić information content (AvgIpc) is 2.87. The maximum absolute atomic E-state index is 5.42. The van der Waals surface area contributed by atoms with Crippen molar-refractivity contribution >= 4 is 12.2 Å². The van der Waals surface area contributed by atoms with Gasteiger partial charge >= 0.3 is 0 Å². The summed E-state index contributed by atoms with van der Waals surface area (Å²) in [6.45, 7) is 12.5. The molecule has 1 aromatic heterocycles. The van der Waals surface area contributed by atoms with Crippen molar-refractivity contribution in [2.24, 2.45) is 0 Å². The number of imidazole rings is 1. The van der Waals surface area contributed by atoms with Crippen LogP contribution in [0.25, 0.3) is 0 Å². The Morgan fingerprint density at radius 2 is 1.94 bits per heavy atom. The van der Waals surface area contributed by atoms with Crippen molar-refractivity contribution in [2.75, 3.05) is 13.1 Å². The number of nitrogens with zero attached hydrogens (tertiary/aromatic N) is 2. The van der Waals surface area contributed by atoms with Crippen molar-refractivity contribution in [3.05, 3.63) is 16.7 Å². The van der Waals surface area contributed by atoms with Gasteiger partial charge in [-0.15, -0.1) is 0 Å². The fourth-order valence-electron chi connectivity index (χ4n) is 2.76. The molecule has 3 nitrogen and oxygen atoms in total. The lowest BCUT2D eigenvalue weighted by molar-refractivity contribution is 0.232. The van der Waals surface area contributed by atoms with Gasteiger partial charge in [0.15, 0.2) is 4.77 Å². The monoisotopic (exact) mass is 267 g/mol. The molecule has 0 aromatic carbocycles. The minimum absolute atomic E-state index is 0.137. The molecule has 0 spiro atoms. The van der Waals surface area contributed by atoms with E-state index < -0.39 is 0 Å². The second-order valence-corrected chi connectivity index (χ2v) is 6.82. The van der Waals surface area contributed by atoms with E-state index in [-0.39, 0.29) is 5.41 Å². The lowest BCUT2D eigenvalue weighted by atomic mass is 9.92. The van der Waals surface area contributed by atoms with Crippen molar-refractivity contribution in [2.45, 2.75) is 58.5 Å². The molecule has 1 saturated heterocycles. The maximum Gasteiger partial charge on any atom is 0.177 e. The van der Waals surface area contributed by atoms with Crippen LogP contribution in [-0.4, -0.2) is 33.6 Å². The Morgan fingerprint density at radius 3 is 2.50 bits per heavy atom. The van der Waals surface area contributed by atoms with Gasteiger partial charge in [0, 0.05) is 29.9 Å². The Labute approximate surface area is 115 Å². The Bertz CT molecular complexity index is 446. The molecule has 2 heterocycles. The predicted molar refractivity (Wildman–Crippen MR) is 78.6 cm³/mol. The number of H-pyrrole nitrogens is 1. The van der Waals surface area contributed by atoms with E-state index in [4.69, 9.17) is 12.2 Å². The zero-order valence-corrected chi connectivity index (χ0v) is 12.8. The highest BCUT2D eigenvalue weighted by Gasteiger charge is 2.23. The summed E-state index contributed by atoms with van der Waals surface area (Å²) in [5.41, 5.74) is 1.44. The zero-order chi connectivity index (χ0) is 13.3. The highest BCUT2D eigenvalue weighted by Crippen LogP contribution is 2.23. The van der Waals surface area contributed by atoms with E-state index in [0.29, 0.717) is 6.04 Å². The van der Waals surface area contributed by atoms with Crippen LogP contribution in [0.4, 0.5) is 0 Å². The van der Waals surface area contributed by atoms with Gasteiger partial charge in [0.2, 0.25) is 0 Å². The zero-order valence-electron chi connectivity index (χ0n) is 12.0. The van der Waals surface area contributed by atoms with Gasteiger partial charge in [0.05, 0.1) is 0 Å². The van der Waals surface area contributed by atoms with Crippen molar-refractivity contribution in [1.29, 1.82) is 0 Å². The van der Waals surface area contributed by atoms with Crippen LogP contribution < -0.4 is 0 Å². The first-order valence-electron chi connectivity index (χ1n) is 6.92. The predicted octanol–water partition coefficient (Wildman–Crippen LogP) is 3.33. The van der Waals surface area contributed by atoms with Gasteiger partial charge in [-0.1, -0.05) is 20.8 Å². The fraction of sp³-hybridized carbons (Fsp3) is 0.786. The minimum Gasteiger partial charge on any atom is -0.337 e. The summed E-state index contributed by atoms with van der Waals surface area (Å²) >= 11 is 5.42. The Hall–Kier alpha value is -0.610. The van der Waals surface area contributed by atoms with E-state index in [1.54, 1.807) is 0 Å². The first-order chi connectivity index (χ1) is 8.39. The normalized spacial score (nSPS) is 19.3. The molecule has 0 aliphatic carbocycles. The first-order valence-corrected chi connectivity index (χ1v) is 7.33. The second-order valence-electron chi connectivity index (χ2n) is 6.43. The van der Waals surface area contributed by atoms with Gasteiger partial charge in [0.25, 0.3) is 0 Å². The molecule has 1 aliphatic heterocycles. The summed E-state index contributed by atoms with van der Waals surface area (Å²) < 4.78 is 3.13. The molecule has 0 saturated carbocycles. The van der Waals surface area contributed by atoms with Crippen LogP contribution in [0.2, 0.25) is 0 Å². The standard InChI is InChI=1S/C14H25N3S/c1-11(16-7-5-6-8-16)10-17-12(14(2,3)4)9-15-13(17)18/h9,11H,5-8,10H2,1-4H3,(H,15,18). The topological polar surface area (TPSA) is 24.0 Å². The molecule has 1 N–H and O–H groups in total. The molecule has 1 aliphatic rings. The number of aromatic nitrogens is 2. The number of nitrogens with one attached hydrogen (secondary N) is 1. The number of likely N-dealkylation sites (tertiary alicyclic amines) is 1. The molecular formula is C14H25N3S. The fourth-order valence-corrected chi connectivity index (χ4v) is 2.99. The van der Waals surface area contributed by atoms with Gasteiger partial charge in [-0.2, -0.15) is 0 Å². The van der Waals surface area contributed by atoms with Crippen molar-refractivity contribution in [3.8, 4) is 0 Å². The number of hydrogen-bond donors (Lipinski definition) is 1. The van der Waals surface area contributed by atoms with Crippen LogP contribution in [0.1, 0.15) is 46.2 Å². The molecule has 18 heavy (non-hydrogen) atoms. The summed E-state index contributed by atoms with van der Waals surface area (Å²) in [5, 5.41) is 0. The van der Waals surface area contributed by atoms with Crippen molar-refractivity contribution < 1.29 is 0 Å². The molecule has 2 rings (SSSR count). The van der Waals surface area contributed by atoms with Crippen molar-refractivity contribution in [3.63, 3.8) is 0 Å². The summed E-state index contributed by atoms with van der Waals surface area (Å²) in [4.78, 5) is 5.77. The van der Waals surface area contributed by atoms with Crippen LogP contribution in [0.15, 0.2) is 6.20 Å². The summed E-state index contributed by atoms with van der Waals surface area (Å²) in [7, 11) is 0. The SMILES string of the molecule is CC(Cn1c(C(C)(C)C)c[nH]c1=S)N1CCCC1. The summed E-state index contributed by atoms with van der Waals surface area (Å²) in [6, 6.07) is 0.566.